The molecule has 386 valence electrons. The molecule has 0 atom stereocenters. The van der Waals surface area contributed by atoms with Gasteiger partial charge in [-0.3, -0.25) is 0 Å². The van der Waals surface area contributed by atoms with Crippen molar-refractivity contribution in [2.75, 3.05) is 9.80 Å². The summed E-state index contributed by atoms with van der Waals surface area (Å²) in [7, 11) is 0. The highest BCUT2D eigenvalue weighted by atomic mass is 15.2. The molecule has 18 aromatic carbocycles. The number of rotatable bonds is 6. The van der Waals surface area contributed by atoms with E-state index in [1.54, 1.807) is 0 Å². The number of fused-ring (bicyclic) bond motifs is 3. The van der Waals surface area contributed by atoms with Gasteiger partial charge in [-0.2, -0.15) is 0 Å². The maximum absolute atomic E-state index is 2.60. The Morgan fingerprint density at radius 1 is 0.241 bits per heavy atom. The predicted molar refractivity (Wildman–Crippen MR) is 358 cm³/mol. The standard InChI is InChI=1S/C81H52N2/c1-45-41-59(82(67-37-29-55-21-17-47-9-5-13-51-25-33-61(67)77(55)73(47)51)68-38-30-56-22-18-48-10-6-14-52-26-34-62(68)78(56)74(48)52)43-65-71(45)72-46(2)42-60(44-66(72)81(65,3)4)83(69-39-31-57-23-19-49-11-7-15-53-27-35-63(69)79(57)75(49)53)70-40-32-58-24-20-50-12-8-16-54-28-36-64(70)80(58)76(50)54/h5-44H,1-4H3. The fourth-order valence-electron chi connectivity index (χ4n) is 16.1. The van der Waals surface area contributed by atoms with Crippen LogP contribution in [0.25, 0.3) is 140 Å². The molecule has 19 rings (SSSR count). The van der Waals surface area contributed by atoms with Crippen LogP contribution in [0.5, 0.6) is 0 Å². The Bertz CT molecular complexity index is 5110. The third-order valence-corrected chi connectivity index (χ3v) is 19.7. The highest BCUT2D eigenvalue weighted by molar-refractivity contribution is 6.31. The molecule has 0 unspecified atom stereocenters. The number of nitrogens with zero attached hydrogens (tertiary/aromatic N) is 2. The number of hydrogen-bond donors (Lipinski definition) is 0. The van der Waals surface area contributed by atoms with Gasteiger partial charge in [0.2, 0.25) is 0 Å². The van der Waals surface area contributed by atoms with Crippen molar-refractivity contribution in [1.82, 2.24) is 0 Å². The molecule has 1 aliphatic rings. The summed E-state index contributed by atoms with van der Waals surface area (Å²) in [5.74, 6) is 0. The Labute approximate surface area is 479 Å². The van der Waals surface area contributed by atoms with Crippen LogP contribution in [0.2, 0.25) is 0 Å². The zero-order chi connectivity index (χ0) is 54.7. The van der Waals surface area contributed by atoms with E-state index in [2.05, 4.69) is 280 Å². The van der Waals surface area contributed by atoms with Crippen LogP contribution in [-0.4, -0.2) is 0 Å². The fourth-order valence-corrected chi connectivity index (χ4v) is 16.1. The van der Waals surface area contributed by atoms with Crippen LogP contribution < -0.4 is 9.80 Å². The lowest BCUT2D eigenvalue weighted by Crippen LogP contribution is -2.18. The second kappa shape index (κ2) is 16.0. The quantitative estimate of drug-likeness (QED) is 0.153. The van der Waals surface area contributed by atoms with Gasteiger partial charge in [-0.1, -0.05) is 208 Å². The maximum atomic E-state index is 2.60. The third-order valence-electron chi connectivity index (χ3n) is 19.7. The number of anilines is 6. The molecule has 83 heavy (non-hydrogen) atoms. The number of aryl methyl sites for hydroxylation is 2. The molecule has 2 heteroatoms. The van der Waals surface area contributed by atoms with Crippen LogP contribution in [0.15, 0.2) is 243 Å². The molecule has 0 radical (unpaired) electrons. The lowest BCUT2D eigenvalue weighted by Gasteiger charge is -2.32. The number of benzene rings is 18. The van der Waals surface area contributed by atoms with Gasteiger partial charge in [-0.05, 0) is 203 Å². The van der Waals surface area contributed by atoms with E-state index < -0.39 is 0 Å². The summed E-state index contributed by atoms with van der Waals surface area (Å²) in [4.78, 5) is 5.21. The lowest BCUT2D eigenvalue weighted by molar-refractivity contribution is 0.660. The summed E-state index contributed by atoms with van der Waals surface area (Å²) in [6.45, 7) is 9.65. The number of hydrogen-bond acceptors (Lipinski definition) is 2. The summed E-state index contributed by atoms with van der Waals surface area (Å²) < 4.78 is 0. The molecule has 0 aliphatic heterocycles. The van der Waals surface area contributed by atoms with Crippen molar-refractivity contribution in [2.24, 2.45) is 0 Å². The van der Waals surface area contributed by atoms with Gasteiger partial charge in [0.25, 0.3) is 0 Å². The van der Waals surface area contributed by atoms with Crippen LogP contribution in [0.4, 0.5) is 34.1 Å². The Balaban J connectivity index is 0.852. The van der Waals surface area contributed by atoms with E-state index in [0.717, 1.165) is 11.4 Å². The van der Waals surface area contributed by atoms with Crippen LogP contribution >= 0.6 is 0 Å². The highest BCUT2D eigenvalue weighted by Gasteiger charge is 2.40. The van der Waals surface area contributed by atoms with Crippen LogP contribution in [-0.2, 0) is 5.41 Å². The third kappa shape index (κ3) is 5.97. The molecule has 0 fully saturated rings. The normalized spacial score (nSPS) is 13.4. The average molecular weight is 1050 g/mol. The van der Waals surface area contributed by atoms with E-state index >= 15 is 0 Å². The lowest BCUT2D eigenvalue weighted by atomic mass is 9.81. The van der Waals surface area contributed by atoms with E-state index in [1.165, 1.54) is 185 Å². The largest absolute Gasteiger partial charge is 0.309 e. The summed E-state index contributed by atoms with van der Waals surface area (Å²) in [5.41, 5.74) is 14.6. The fraction of sp³-hybridized carbons (Fsp3) is 0.0617. The van der Waals surface area contributed by atoms with E-state index in [1.807, 2.05) is 0 Å². The topological polar surface area (TPSA) is 6.48 Å². The summed E-state index contributed by atoms with van der Waals surface area (Å²) >= 11 is 0. The summed E-state index contributed by atoms with van der Waals surface area (Å²) in [6.07, 6.45) is 0. The summed E-state index contributed by atoms with van der Waals surface area (Å²) in [5, 5.41) is 30.7. The molecular formula is C81H52N2. The second-order valence-corrected chi connectivity index (χ2v) is 24.4. The molecule has 0 saturated heterocycles. The van der Waals surface area contributed by atoms with Crippen molar-refractivity contribution < 1.29 is 0 Å². The first-order valence-corrected chi connectivity index (χ1v) is 29.3. The monoisotopic (exact) mass is 1050 g/mol. The van der Waals surface area contributed by atoms with Crippen molar-refractivity contribution in [2.45, 2.75) is 33.1 Å². The van der Waals surface area contributed by atoms with Crippen molar-refractivity contribution >= 4 is 163 Å². The van der Waals surface area contributed by atoms with Crippen LogP contribution in [0, 0.1) is 13.8 Å². The molecule has 0 spiro atoms. The Morgan fingerprint density at radius 3 is 0.711 bits per heavy atom. The minimum absolute atomic E-state index is 0.375. The highest BCUT2D eigenvalue weighted by Crippen LogP contribution is 2.58. The van der Waals surface area contributed by atoms with Gasteiger partial charge in [0.15, 0.2) is 0 Å². The van der Waals surface area contributed by atoms with Gasteiger partial charge in [0, 0.05) is 38.3 Å². The van der Waals surface area contributed by atoms with Gasteiger partial charge >= 0.3 is 0 Å². The van der Waals surface area contributed by atoms with Gasteiger partial charge in [0.1, 0.15) is 0 Å². The molecule has 0 N–H and O–H groups in total. The molecule has 0 amide bonds. The zero-order valence-electron chi connectivity index (χ0n) is 46.5. The Morgan fingerprint density at radius 2 is 0.458 bits per heavy atom. The zero-order valence-corrected chi connectivity index (χ0v) is 46.5. The molecule has 2 nitrogen and oxygen atoms in total. The van der Waals surface area contributed by atoms with E-state index in [0.29, 0.717) is 0 Å². The SMILES string of the molecule is Cc1cc(N(c2ccc3ccc4cccc5ccc2c3c45)c2ccc3ccc4cccc5ccc2c3c45)cc2c1-c1c(C)cc(N(c3ccc4ccc5cccc6ccc3c4c56)c3ccc4ccc5cccc6ccc3c4c56)cc1C2(C)C. The van der Waals surface area contributed by atoms with Crippen molar-refractivity contribution in [1.29, 1.82) is 0 Å². The molecule has 1 aliphatic carbocycles. The van der Waals surface area contributed by atoms with Gasteiger partial charge in [0.05, 0.1) is 22.7 Å². The van der Waals surface area contributed by atoms with Crippen molar-refractivity contribution in [3.05, 3.63) is 265 Å². The predicted octanol–water partition coefficient (Wildman–Crippen LogP) is 23.1. The molecule has 0 bridgehead atoms. The first kappa shape index (κ1) is 45.4. The minimum atomic E-state index is -0.375. The maximum Gasteiger partial charge on any atom is 0.0540 e. The minimum Gasteiger partial charge on any atom is -0.309 e. The summed E-state index contributed by atoms with van der Waals surface area (Å²) in [6, 6.07) is 93.1. The Kier molecular flexibility index (Phi) is 8.76. The van der Waals surface area contributed by atoms with Crippen LogP contribution in [0.1, 0.15) is 36.1 Å². The van der Waals surface area contributed by atoms with Crippen LogP contribution in [0.3, 0.4) is 0 Å². The van der Waals surface area contributed by atoms with Gasteiger partial charge < -0.3 is 9.80 Å². The van der Waals surface area contributed by atoms with Gasteiger partial charge in [-0.25, -0.2) is 0 Å². The Hall–Kier alpha value is -10.3. The first-order valence-electron chi connectivity index (χ1n) is 29.3. The molecular weight excluding hydrogens is 1000 g/mol. The molecule has 0 aromatic heterocycles. The van der Waals surface area contributed by atoms with Gasteiger partial charge in [-0.15, -0.1) is 0 Å². The molecule has 0 saturated carbocycles. The second-order valence-electron chi connectivity index (χ2n) is 24.4. The van der Waals surface area contributed by atoms with E-state index in [4.69, 9.17) is 0 Å². The smallest absolute Gasteiger partial charge is 0.0540 e. The van der Waals surface area contributed by atoms with E-state index in [9.17, 15) is 0 Å². The molecule has 0 heterocycles. The van der Waals surface area contributed by atoms with Crippen molar-refractivity contribution in [3.8, 4) is 11.1 Å². The average Bonchev–Trinajstić information content (AvgIpc) is 4.03. The van der Waals surface area contributed by atoms with Crippen molar-refractivity contribution in [3.63, 3.8) is 0 Å². The molecule has 18 aromatic rings. The van der Waals surface area contributed by atoms with E-state index in [-0.39, 0.29) is 5.41 Å². The first-order chi connectivity index (χ1) is 40.7.